The molecule has 0 unspecified atom stereocenters. The fraction of sp³-hybridized carbons (Fsp3) is 0.0392. The van der Waals surface area contributed by atoms with Crippen LogP contribution >= 0.6 is 11.8 Å². The third kappa shape index (κ3) is 4.49. The second kappa shape index (κ2) is 12.5. The Morgan fingerprint density at radius 1 is 0.418 bits per heavy atom. The first-order chi connectivity index (χ1) is 27.3. The van der Waals surface area contributed by atoms with E-state index >= 15 is 0 Å². The highest BCUT2D eigenvalue weighted by Crippen LogP contribution is 2.59. The number of fused-ring (bicyclic) bond motifs is 6. The molecule has 0 N–H and O–H groups in total. The van der Waals surface area contributed by atoms with E-state index in [0.717, 1.165) is 21.9 Å². The van der Waals surface area contributed by atoms with E-state index in [2.05, 4.69) is 222 Å². The zero-order chi connectivity index (χ0) is 36.4. The molecule has 0 spiro atoms. The van der Waals surface area contributed by atoms with Crippen LogP contribution in [-0.4, -0.2) is 9.55 Å². The molecule has 3 heterocycles. The molecule has 1 aromatic heterocycles. The highest BCUT2D eigenvalue weighted by molar-refractivity contribution is 7.99. The molecule has 0 saturated heterocycles. The van der Waals surface area contributed by atoms with E-state index in [-0.39, 0.29) is 0 Å². The Hall–Kier alpha value is -6.62. The smallest absolute Gasteiger partial charge is 0.175 e. The van der Waals surface area contributed by atoms with Crippen molar-refractivity contribution in [3.05, 3.63) is 251 Å². The van der Waals surface area contributed by atoms with E-state index < -0.39 is 11.0 Å². The standard InChI is InChI=1S/C51H35N3S/c1-5-19-36(20-6-1)50(37-21-7-2-8-22-37)41-27-13-16-30-45(41)53(46-31-17-14-28-42(46)50)40-33-34-43-48(35-40)55-49-52-44-29-15-18-32-47(44)54(49)51(43,38-23-9-3-10-24-38)39-25-11-4-12-26-39/h1-35H. The maximum Gasteiger partial charge on any atom is 0.175 e. The van der Waals surface area contributed by atoms with Crippen LogP contribution in [0.2, 0.25) is 0 Å². The van der Waals surface area contributed by atoms with E-state index in [4.69, 9.17) is 4.98 Å². The van der Waals surface area contributed by atoms with Gasteiger partial charge in [0.1, 0.15) is 5.54 Å². The van der Waals surface area contributed by atoms with Crippen molar-refractivity contribution in [3.8, 4) is 0 Å². The number of benzene rings is 8. The third-order valence-electron chi connectivity index (χ3n) is 11.6. The third-order valence-corrected chi connectivity index (χ3v) is 12.6. The monoisotopic (exact) mass is 721 g/mol. The normalized spacial score (nSPS) is 14.7. The minimum Gasteiger partial charge on any atom is -0.310 e. The Balaban J connectivity index is 1.19. The van der Waals surface area contributed by atoms with E-state index in [9.17, 15) is 0 Å². The highest BCUT2D eigenvalue weighted by atomic mass is 32.2. The second-order valence-electron chi connectivity index (χ2n) is 14.3. The van der Waals surface area contributed by atoms with Crippen molar-refractivity contribution in [2.45, 2.75) is 21.0 Å². The van der Waals surface area contributed by atoms with Gasteiger partial charge in [0.15, 0.2) is 5.16 Å². The molecular weight excluding hydrogens is 687 g/mol. The number of nitrogens with zero attached hydrogens (tertiary/aromatic N) is 3. The minimum atomic E-state index is -0.652. The van der Waals surface area contributed by atoms with Gasteiger partial charge in [0.05, 0.1) is 27.8 Å². The van der Waals surface area contributed by atoms with E-state index in [1.54, 1.807) is 11.8 Å². The first-order valence-electron chi connectivity index (χ1n) is 18.8. The summed E-state index contributed by atoms with van der Waals surface area (Å²) in [6.45, 7) is 0. The number of para-hydroxylation sites is 4. The summed E-state index contributed by atoms with van der Waals surface area (Å²) in [7, 11) is 0. The van der Waals surface area contributed by atoms with Gasteiger partial charge >= 0.3 is 0 Å². The lowest BCUT2D eigenvalue weighted by Crippen LogP contribution is -2.40. The minimum absolute atomic E-state index is 0.518. The Morgan fingerprint density at radius 2 is 0.891 bits per heavy atom. The maximum atomic E-state index is 5.31. The Kier molecular flexibility index (Phi) is 7.23. The predicted molar refractivity (Wildman–Crippen MR) is 225 cm³/mol. The molecule has 55 heavy (non-hydrogen) atoms. The fourth-order valence-corrected chi connectivity index (χ4v) is 10.6. The van der Waals surface area contributed by atoms with E-state index in [0.29, 0.717) is 0 Å². The lowest BCUT2D eigenvalue weighted by molar-refractivity contribution is 0.473. The molecule has 0 saturated carbocycles. The lowest BCUT2D eigenvalue weighted by Gasteiger charge is -2.47. The molecule has 0 bridgehead atoms. The molecule has 2 aliphatic heterocycles. The van der Waals surface area contributed by atoms with Crippen LogP contribution in [0.3, 0.4) is 0 Å². The van der Waals surface area contributed by atoms with Crippen molar-refractivity contribution >= 4 is 39.9 Å². The average molecular weight is 722 g/mol. The average Bonchev–Trinajstić information content (AvgIpc) is 3.64. The number of hydrogen-bond acceptors (Lipinski definition) is 3. The van der Waals surface area contributed by atoms with Gasteiger partial charge < -0.3 is 4.90 Å². The SMILES string of the molecule is c1ccc(C2(c3ccccc3)c3ccccc3N(c3ccc4c(c3)Sc3nc5ccccc5n3C4(c3ccccc3)c3ccccc3)c3ccccc32)cc1. The van der Waals surface area contributed by atoms with E-state index in [1.807, 2.05) is 0 Å². The number of aromatic nitrogens is 2. The van der Waals surface area contributed by atoms with Gasteiger partial charge in [-0.3, -0.25) is 4.57 Å². The van der Waals surface area contributed by atoms with Gasteiger partial charge in [0, 0.05) is 16.1 Å². The first kappa shape index (κ1) is 31.9. The fourth-order valence-electron chi connectivity index (χ4n) is 9.43. The van der Waals surface area contributed by atoms with Crippen LogP contribution in [0.15, 0.2) is 222 Å². The van der Waals surface area contributed by atoms with Gasteiger partial charge in [0.2, 0.25) is 0 Å². The van der Waals surface area contributed by atoms with Crippen molar-refractivity contribution in [2.75, 3.05) is 4.90 Å². The van der Waals surface area contributed by atoms with Crippen LogP contribution in [0, 0.1) is 0 Å². The van der Waals surface area contributed by atoms with Gasteiger partial charge in [-0.25, -0.2) is 4.98 Å². The van der Waals surface area contributed by atoms with Crippen molar-refractivity contribution in [1.29, 1.82) is 0 Å². The van der Waals surface area contributed by atoms with Crippen molar-refractivity contribution in [3.63, 3.8) is 0 Å². The molecule has 0 atom stereocenters. The van der Waals surface area contributed by atoms with Gasteiger partial charge in [0.25, 0.3) is 0 Å². The molecule has 260 valence electrons. The lowest BCUT2D eigenvalue weighted by atomic mass is 9.62. The van der Waals surface area contributed by atoms with Gasteiger partial charge in [-0.15, -0.1) is 0 Å². The quantitative estimate of drug-likeness (QED) is 0.177. The number of hydrogen-bond donors (Lipinski definition) is 0. The predicted octanol–water partition coefficient (Wildman–Crippen LogP) is 12.5. The van der Waals surface area contributed by atoms with Crippen molar-refractivity contribution < 1.29 is 0 Å². The molecule has 2 aliphatic rings. The molecule has 9 aromatic rings. The second-order valence-corrected chi connectivity index (χ2v) is 15.3. The van der Waals surface area contributed by atoms with Gasteiger partial charge in [-0.2, -0.15) is 0 Å². The molecule has 0 radical (unpaired) electrons. The highest BCUT2D eigenvalue weighted by Gasteiger charge is 2.48. The summed E-state index contributed by atoms with van der Waals surface area (Å²) in [6.07, 6.45) is 0. The molecular formula is C51H35N3S. The molecule has 0 aliphatic carbocycles. The van der Waals surface area contributed by atoms with Crippen LogP contribution < -0.4 is 4.90 Å². The van der Waals surface area contributed by atoms with Crippen molar-refractivity contribution in [1.82, 2.24) is 9.55 Å². The summed E-state index contributed by atoms with van der Waals surface area (Å²) in [5.74, 6) is 0. The largest absolute Gasteiger partial charge is 0.310 e. The zero-order valence-electron chi connectivity index (χ0n) is 30.0. The molecule has 8 aromatic carbocycles. The summed E-state index contributed by atoms with van der Waals surface area (Å²) in [5, 5.41) is 0.977. The number of imidazole rings is 1. The maximum absolute atomic E-state index is 5.31. The summed E-state index contributed by atoms with van der Waals surface area (Å²) in [6, 6.07) is 77.5. The topological polar surface area (TPSA) is 21.1 Å². The van der Waals surface area contributed by atoms with Crippen molar-refractivity contribution in [2.24, 2.45) is 0 Å². The summed E-state index contributed by atoms with van der Waals surface area (Å²) in [4.78, 5) is 8.97. The molecule has 3 nitrogen and oxygen atoms in total. The number of rotatable bonds is 5. The summed E-state index contributed by atoms with van der Waals surface area (Å²) < 4.78 is 2.47. The van der Waals surface area contributed by atoms with E-state index in [1.165, 1.54) is 55.2 Å². The van der Waals surface area contributed by atoms with Gasteiger partial charge in [-0.1, -0.05) is 188 Å². The van der Waals surface area contributed by atoms with Gasteiger partial charge in [-0.05, 0) is 69.8 Å². The van der Waals surface area contributed by atoms with Crippen LogP contribution in [0.5, 0.6) is 0 Å². The Bertz CT molecular complexity index is 2720. The Morgan fingerprint density at radius 3 is 1.45 bits per heavy atom. The first-order valence-corrected chi connectivity index (χ1v) is 19.6. The zero-order valence-corrected chi connectivity index (χ0v) is 30.8. The number of anilines is 3. The molecule has 0 amide bonds. The Labute approximate surface area is 325 Å². The van der Waals surface area contributed by atoms with Crippen LogP contribution in [-0.2, 0) is 11.0 Å². The summed E-state index contributed by atoms with van der Waals surface area (Å²) in [5.41, 5.74) is 13.0. The molecule has 0 fully saturated rings. The van der Waals surface area contributed by atoms with Crippen LogP contribution in [0.25, 0.3) is 11.0 Å². The molecule has 4 heteroatoms. The van der Waals surface area contributed by atoms with Crippen LogP contribution in [0.4, 0.5) is 17.1 Å². The van der Waals surface area contributed by atoms with Crippen LogP contribution in [0.1, 0.15) is 38.9 Å². The molecule has 11 rings (SSSR count). The summed E-state index contributed by atoms with van der Waals surface area (Å²) >= 11 is 1.76.